The molecule has 1 N–H and O–H groups in total. The normalized spacial score (nSPS) is 20.1. The molecule has 1 fully saturated rings. The first kappa shape index (κ1) is 19.5. The standard InChI is InChI=1S/C23H25NO5/c1-14-10-15-12-16(13-24-22(25)20-8-5-9-28-20)29-21(15)19(11-14)17-6-3-4-7-18(17)23(26)27-2/h3-4,6-7,10-11,16,20H,5,8-9,12-13H2,1-2H3,(H,24,25). The van der Waals surface area contributed by atoms with Crippen LogP contribution in [-0.2, 0) is 20.7 Å². The molecule has 2 aromatic rings. The van der Waals surface area contributed by atoms with Crippen molar-refractivity contribution in [3.8, 4) is 16.9 Å². The number of hydrogen-bond acceptors (Lipinski definition) is 5. The molecule has 0 spiro atoms. The highest BCUT2D eigenvalue weighted by molar-refractivity contribution is 5.98. The van der Waals surface area contributed by atoms with Crippen LogP contribution in [0.4, 0.5) is 0 Å². The van der Waals surface area contributed by atoms with Gasteiger partial charge in [0.2, 0.25) is 5.91 Å². The summed E-state index contributed by atoms with van der Waals surface area (Å²) in [6, 6.07) is 11.5. The zero-order valence-electron chi connectivity index (χ0n) is 16.7. The van der Waals surface area contributed by atoms with Crippen molar-refractivity contribution >= 4 is 11.9 Å². The molecule has 0 radical (unpaired) electrons. The largest absolute Gasteiger partial charge is 0.487 e. The average molecular weight is 395 g/mol. The highest BCUT2D eigenvalue weighted by atomic mass is 16.5. The van der Waals surface area contributed by atoms with E-state index in [1.165, 1.54) is 7.11 Å². The van der Waals surface area contributed by atoms with Crippen molar-refractivity contribution in [3.05, 3.63) is 53.1 Å². The number of carbonyl (C=O) groups excluding carboxylic acids is 2. The number of esters is 1. The van der Waals surface area contributed by atoms with Crippen molar-refractivity contribution in [1.29, 1.82) is 0 Å². The Morgan fingerprint density at radius 3 is 2.79 bits per heavy atom. The van der Waals surface area contributed by atoms with Crippen molar-refractivity contribution in [2.75, 3.05) is 20.3 Å². The summed E-state index contributed by atoms with van der Waals surface area (Å²) in [7, 11) is 1.38. The van der Waals surface area contributed by atoms with Crippen LogP contribution in [0, 0.1) is 6.92 Å². The Hall–Kier alpha value is -2.86. The van der Waals surface area contributed by atoms with Gasteiger partial charge in [-0.25, -0.2) is 4.79 Å². The lowest BCUT2D eigenvalue weighted by Crippen LogP contribution is -2.40. The number of benzene rings is 2. The summed E-state index contributed by atoms with van der Waals surface area (Å²) in [5.41, 5.74) is 4.32. The number of fused-ring (bicyclic) bond motifs is 1. The summed E-state index contributed by atoms with van der Waals surface area (Å²) >= 11 is 0. The maximum atomic E-state index is 12.2. The molecule has 1 saturated heterocycles. The van der Waals surface area contributed by atoms with Gasteiger partial charge in [-0.05, 0) is 48.6 Å². The van der Waals surface area contributed by atoms with Crippen molar-refractivity contribution in [2.24, 2.45) is 0 Å². The monoisotopic (exact) mass is 395 g/mol. The molecule has 29 heavy (non-hydrogen) atoms. The highest BCUT2D eigenvalue weighted by Gasteiger charge is 2.30. The Morgan fingerprint density at radius 1 is 1.21 bits per heavy atom. The van der Waals surface area contributed by atoms with E-state index in [4.69, 9.17) is 14.2 Å². The van der Waals surface area contributed by atoms with Gasteiger partial charge in [-0.3, -0.25) is 4.79 Å². The third kappa shape index (κ3) is 3.98. The smallest absolute Gasteiger partial charge is 0.338 e. The summed E-state index contributed by atoms with van der Waals surface area (Å²) in [5, 5.41) is 2.95. The molecule has 152 valence electrons. The minimum Gasteiger partial charge on any atom is -0.487 e. The molecule has 2 atom stereocenters. The fraction of sp³-hybridized carbons (Fsp3) is 0.391. The maximum Gasteiger partial charge on any atom is 0.338 e. The van der Waals surface area contributed by atoms with Crippen LogP contribution in [-0.4, -0.2) is 44.3 Å². The van der Waals surface area contributed by atoms with Crippen LogP contribution in [0.5, 0.6) is 5.75 Å². The molecule has 6 nitrogen and oxygen atoms in total. The quantitative estimate of drug-likeness (QED) is 0.788. The van der Waals surface area contributed by atoms with Crippen LogP contribution in [0.15, 0.2) is 36.4 Å². The Morgan fingerprint density at radius 2 is 2.03 bits per heavy atom. The van der Waals surface area contributed by atoms with E-state index in [0.29, 0.717) is 25.1 Å². The van der Waals surface area contributed by atoms with Crippen molar-refractivity contribution in [2.45, 2.75) is 38.4 Å². The number of carbonyl (C=O) groups is 2. The van der Waals surface area contributed by atoms with Gasteiger partial charge in [0, 0.05) is 18.6 Å². The Balaban J connectivity index is 1.56. The van der Waals surface area contributed by atoms with Gasteiger partial charge in [-0.1, -0.05) is 24.3 Å². The molecule has 2 heterocycles. The molecule has 6 heteroatoms. The van der Waals surface area contributed by atoms with Crippen LogP contribution in [0.3, 0.4) is 0 Å². The van der Waals surface area contributed by atoms with E-state index in [-0.39, 0.29) is 24.1 Å². The van der Waals surface area contributed by atoms with E-state index in [1.807, 2.05) is 31.2 Å². The van der Waals surface area contributed by atoms with E-state index in [9.17, 15) is 9.59 Å². The van der Waals surface area contributed by atoms with Gasteiger partial charge in [-0.15, -0.1) is 0 Å². The fourth-order valence-electron chi connectivity index (χ4n) is 4.03. The first-order chi connectivity index (χ1) is 14.1. The van der Waals surface area contributed by atoms with Gasteiger partial charge in [-0.2, -0.15) is 0 Å². The van der Waals surface area contributed by atoms with E-state index in [0.717, 1.165) is 40.8 Å². The second kappa shape index (κ2) is 8.25. The van der Waals surface area contributed by atoms with Gasteiger partial charge in [0.1, 0.15) is 18.0 Å². The topological polar surface area (TPSA) is 73.9 Å². The van der Waals surface area contributed by atoms with E-state index >= 15 is 0 Å². The summed E-state index contributed by atoms with van der Waals surface area (Å²) in [6.07, 6.45) is 1.90. The molecule has 0 saturated carbocycles. The second-order valence-corrected chi connectivity index (χ2v) is 7.53. The zero-order valence-corrected chi connectivity index (χ0v) is 16.7. The Kier molecular flexibility index (Phi) is 5.53. The Bertz CT molecular complexity index is 933. The number of hydrogen-bond donors (Lipinski definition) is 1. The molecule has 2 unspecified atom stereocenters. The van der Waals surface area contributed by atoms with Gasteiger partial charge in [0.05, 0.1) is 19.2 Å². The molecular formula is C23H25NO5. The number of aryl methyl sites for hydroxylation is 1. The van der Waals surface area contributed by atoms with Crippen molar-refractivity contribution in [1.82, 2.24) is 5.32 Å². The summed E-state index contributed by atoms with van der Waals surface area (Å²) in [6.45, 7) is 3.09. The van der Waals surface area contributed by atoms with Crippen LogP contribution in [0.1, 0.15) is 34.3 Å². The van der Waals surface area contributed by atoms with Gasteiger partial charge in [0.15, 0.2) is 0 Å². The maximum absolute atomic E-state index is 12.2. The van der Waals surface area contributed by atoms with Crippen molar-refractivity contribution in [3.63, 3.8) is 0 Å². The van der Waals surface area contributed by atoms with Crippen LogP contribution in [0.2, 0.25) is 0 Å². The van der Waals surface area contributed by atoms with Crippen LogP contribution < -0.4 is 10.1 Å². The summed E-state index contributed by atoms with van der Waals surface area (Å²) in [5.74, 6) is 0.312. The predicted octanol–water partition coefficient (Wildman–Crippen LogP) is 3.05. The number of rotatable bonds is 5. The number of nitrogens with one attached hydrogen (secondary N) is 1. The van der Waals surface area contributed by atoms with Crippen molar-refractivity contribution < 1.29 is 23.8 Å². The molecule has 2 aliphatic rings. The molecule has 0 bridgehead atoms. The van der Waals surface area contributed by atoms with Gasteiger partial charge >= 0.3 is 5.97 Å². The third-order valence-corrected chi connectivity index (χ3v) is 5.39. The lowest BCUT2D eigenvalue weighted by atomic mass is 9.94. The molecule has 1 amide bonds. The van der Waals surface area contributed by atoms with E-state index in [1.54, 1.807) is 6.07 Å². The first-order valence-electron chi connectivity index (χ1n) is 9.94. The fourth-order valence-corrected chi connectivity index (χ4v) is 4.03. The van der Waals surface area contributed by atoms with E-state index in [2.05, 4.69) is 11.4 Å². The Labute approximate surface area is 170 Å². The molecule has 2 aromatic carbocycles. The molecule has 2 aliphatic heterocycles. The number of methoxy groups -OCH3 is 1. The minimum atomic E-state index is -0.380. The summed E-state index contributed by atoms with van der Waals surface area (Å²) in [4.78, 5) is 24.5. The highest BCUT2D eigenvalue weighted by Crippen LogP contribution is 2.41. The minimum absolute atomic E-state index is 0.0745. The molecule has 0 aromatic heterocycles. The summed E-state index contributed by atoms with van der Waals surface area (Å²) < 4.78 is 16.6. The molecule has 0 aliphatic carbocycles. The SMILES string of the molecule is COC(=O)c1ccccc1-c1cc(C)cc2c1OC(CNC(=O)C1CCCO1)C2. The lowest BCUT2D eigenvalue weighted by molar-refractivity contribution is -0.130. The number of amides is 1. The number of ether oxygens (including phenoxy) is 3. The average Bonchev–Trinajstić information content (AvgIpc) is 3.40. The van der Waals surface area contributed by atoms with Gasteiger partial charge in [0.25, 0.3) is 0 Å². The first-order valence-corrected chi connectivity index (χ1v) is 9.94. The van der Waals surface area contributed by atoms with Crippen LogP contribution >= 0.6 is 0 Å². The molecular weight excluding hydrogens is 370 g/mol. The van der Waals surface area contributed by atoms with Gasteiger partial charge < -0.3 is 19.5 Å². The zero-order chi connectivity index (χ0) is 20.4. The van der Waals surface area contributed by atoms with Crippen LogP contribution in [0.25, 0.3) is 11.1 Å². The third-order valence-electron chi connectivity index (χ3n) is 5.39. The lowest BCUT2D eigenvalue weighted by Gasteiger charge is -2.16. The van der Waals surface area contributed by atoms with E-state index < -0.39 is 0 Å². The molecule has 4 rings (SSSR count). The predicted molar refractivity (Wildman–Crippen MR) is 108 cm³/mol. The second-order valence-electron chi connectivity index (χ2n) is 7.53.